The van der Waals surface area contributed by atoms with Crippen LogP contribution in [0.1, 0.15) is 6.42 Å². The Morgan fingerprint density at radius 2 is 2.00 bits per heavy atom. The highest BCUT2D eigenvalue weighted by Crippen LogP contribution is 2.23. The quantitative estimate of drug-likeness (QED) is 0.354. The number of non-ortho nitro benzene ring substituents is 1. The summed E-state index contributed by atoms with van der Waals surface area (Å²) in [5.74, 6) is -0.424. The van der Waals surface area contributed by atoms with Crippen molar-refractivity contribution in [2.45, 2.75) is 13.0 Å². The fraction of sp³-hybridized carbons (Fsp3) is 0.250. The van der Waals surface area contributed by atoms with Crippen LogP contribution in [-0.2, 0) is 16.7 Å². The minimum Gasteiger partial charge on any atom is -0.748 e. The monoisotopic (exact) mass is 296 g/mol. The van der Waals surface area contributed by atoms with Crippen LogP contribution < -0.4 is 4.57 Å². The molecule has 0 unspecified atom stereocenters. The molecule has 1 heterocycles. The van der Waals surface area contributed by atoms with Crippen molar-refractivity contribution in [3.63, 3.8) is 0 Å². The molecule has 0 amide bonds. The zero-order valence-electron chi connectivity index (χ0n) is 10.4. The van der Waals surface area contributed by atoms with Crippen molar-refractivity contribution in [1.82, 2.24) is 0 Å². The van der Waals surface area contributed by atoms with Gasteiger partial charge in [0, 0.05) is 24.3 Å². The van der Waals surface area contributed by atoms with Crippen LogP contribution in [0.2, 0.25) is 0 Å². The first-order valence-corrected chi connectivity index (χ1v) is 7.44. The molecule has 1 aromatic carbocycles. The molecule has 2 aromatic rings. The van der Waals surface area contributed by atoms with Gasteiger partial charge in [-0.2, -0.15) is 0 Å². The number of nitrogens with zero attached hydrogens (tertiary/aromatic N) is 2. The van der Waals surface area contributed by atoms with Crippen LogP contribution in [0.5, 0.6) is 0 Å². The Morgan fingerprint density at radius 1 is 1.25 bits per heavy atom. The van der Waals surface area contributed by atoms with Crippen LogP contribution in [0.4, 0.5) is 5.69 Å². The van der Waals surface area contributed by atoms with Gasteiger partial charge in [-0.05, 0) is 6.07 Å². The van der Waals surface area contributed by atoms with Crippen LogP contribution in [0.15, 0.2) is 36.7 Å². The topological polar surface area (TPSA) is 104 Å². The van der Waals surface area contributed by atoms with E-state index in [0.29, 0.717) is 17.3 Å². The number of rotatable bonds is 5. The summed E-state index contributed by atoms with van der Waals surface area (Å²) in [4.78, 5) is 10.4. The maximum absolute atomic E-state index is 10.9. The Bertz CT molecular complexity index is 758. The number of nitro benzene ring substituents is 1. The van der Waals surface area contributed by atoms with Crippen molar-refractivity contribution < 1.29 is 22.5 Å². The number of nitro groups is 1. The van der Waals surface area contributed by atoms with Gasteiger partial charge in [0.1, 0.15) is 6.54 Å². The summed E-state index contributed by atoms with van der Waals surface area (Å²) in [6.07, 6.45) is 3.53. The second kappa shape index (κ2) is 5.51. The van der Waals surface area contributed by atoms with Crippen molar-refractivity contribution in [1.29, 1.82) is 0 Å². The van der Waals surface area contributed by atoms with Crippen LogP contribution in [0.3, 0.4) is 0 Å². The number of aromatic nitrogens is 1. The molecule has 106 valence electrons. The molecule has 0 aliphatic rings. The van der Waals surface area contributed by atoms with E-state index in [-0.39, 0.29) is 12.1 Å². The number of pyridine rings is 1. The molecule has 8 heteroatoms. The summed E-state index contributed by atoms with van der Waals surface area (Å²) in [5, 5.41) is 12.1. The van der Waals surface area contributed by atoms with Crippen molar-refractivity contribution in [2.75, 3.05) is 5.75 Å². The first-order chi connectivity index (χ1) is 9.37. The largest absolute Gasteiger partial charge is 0.748 e. The van der Waals surface area contributed by atoms with E-state index < -0.39 is 20.8 Å². The molecule has 0 N–H and O–H groups in total. The minimum atomic E-state index is -4.21. The first-order valence-electron chi connectivity index (χ1n) is 5.86. The van der Waals surface area contributed by atoms with Crippen molar-refractivity contribution in [3.8, 4) is 0 Å². The van der Waals surface area contributed by atoms with Gasteiger partial charge in [0.2, 0.25) is 0 Å². The molecule has 0 fully saturated rings. The molecule has 20 heavy (non-hydrogen) atoms. The van der Waals surface area contributed by atoms with E-state index >= 15 is 0 Å². The lowest BCUT2D eigenvalue weighted by molar-refractivity contribution is -0.695. The summed E-state index contributed by atoms with van der Waals surface area (Å²) in [6, 6.07) is 6.37. The standard InChI is InChI=1S/C12H12N2O5S/c15-14(16)12-4-1-3-10-9-13(7-5-11(10)12)6-2-8-20(17,18)19/h1,3-5,7,9H,2,6,8H2. The average Bonchev–Trinajstić information content (AvgIpc) is 2.36. The van der Waals surface area contributed by atoms with Gasteiger partial charge < -0.3 is 4.55 Å². The second-order valence-corrected chi connectivity index (χ2v) is 5.86. The molecular weight excluding hydrogens is 284 g/mol. The number of hydrogen-bond donors (Lipinski definition) is 0. The molecule has 0 saturated heterocycles. The van der Waals surface area contributed by atoms with E-state index in [0.717, 1.165) is 0 Å². The maximum Gasteiger partial charge on any atom is 0.277 e. The Balaban J connectivity index is 2.24. The van der Waals surface area contributed by atoms with Crippen LogP contribution in [0.25, 0.3) is 10.8 Å². The lowest BCUT2D eigenvalue weighted by atomic mass is 10.1. The zero-order valence-corrected chi connectivity index (χ0v) is 11.2. The van der Waals surface area contributed by atoms with Gasteiger partial charge in [-0.15, -0.1) is 0 Å². The average molecular weight is 296 g/mol. The summed E-state index contributed by atoms with van der Waals surface area (Å²) in [6.45, 7) is 0.361. The molecular formula is C12H12N2O5S. The highest BCUT2D eigenvalue weighted by molar-refractivity contribution is 7.85. The summed E-state index contributed by atoms with van der Waals surface area (Å²) >= 11 is 0. The molecule has 0 radical (unpaired) electrons. The SMILES string of the molecule is O=[N+]([O-])c1cccc2c[n+](CCCS(=O)(=O)[O-])ccc12. The second-order valence-electron chi connectivity index (χ2n) is 4.34. The fourth-order valence-corrected chi connectivity index (χ4v) is 2.46. The lowest BCUT2D eigenvalue weighted by Crippen LogP contribution is -2.33. The molecule has 1 aromatic heterocycles. The fourth-order valence-electron chi connectivity index (χ4n) is 1.98. The van der Waals surface area contributed by atoms with E-state index in [2.05, 4.69) is 0 Å². The Hall–Kier alpha value is -2.06. The van der Waals surface area contributed by atoms with Crippen LogP contribution >= 0.6 is 0 Å². The van der Waals surface area contributed by atoms with Gasteiger partial charge in [0.05, 0.1) is 25.8 Å². The van der Waals surface area contributed by atoms with E-state index in [1.165, 1.54) is 6.07 Å². The third-order valence-electron chi connectivity index (χ3n) is 2.86. The smallest absolute Gasteiger partial charge is 0.277 e. The van der Waals surface area contributed by atoms with E-state index in [9.17, 15) is 23.1 Å². The molecule has 0 aliphatic carbocycles. The van der Waals surface area contributed by atoms with Crippen molar-refractivity contribution >= 4 is 26.6 Å². The Kier molecular flexibility index (Phi) is 3.96. The first kappa shape index (κ1) is 14.4. The number of benzene rings is 1. The van der Waals surface area contributed by atoms with Gasteiger partial charge >= 0.3 is 0 Å². The van der Waals surface area contributed by atoms with Crippen molar-refractivity contribution in [3.05, 3.63) is 46.8 Å². The normalized spacial score (nSPS) is 11.7. The predicted octanol–water partition coefficient (Wildman–Crippen LogP) is 0.971. The van der Waals surface area contributed by atoms with Gasteiger partial charge in [-0.25, -0.2) is 13.0 Å². The highest BCUT2D eigenvalue weighted by atomic mass is 32.2. The number of aryl methyl sites for hydroxylation is 1. The number of hydrogen-bond acceptors (Lipinski definition) is 5. The summed E-state index contributed by atoms with van der Waals surface area (Å²) in [7, 11) is -4.21. The van der Waals surface area contributed by atoms with Crippen LogP contribution in [0, 0.1) is 10.1 Å². The Labute approximate surface area is 115 Å². The van der Waals surface area contributed by atoms with Gasteiger partial charge in [0.25, 0.3) is 5.69 Å². The van der Waals surface area contributed by atoms with E-state index in [1.807, 2.05) is 0 Å². The van der Waals surface area contributed by atoms with Crippen molar-refractivity contribution in [2.24, 2.45) is 0 Å². The third kappa shape index (κ3) is 3.49. The minimum absolute atomic E-state index is 0.0248. The molecule has 2 rings (SSSR count). The molecule has 0 atom stereocenters. The third-order valence-corrected chi connectivity index (χ3v) is 3.65. The Morgan fingerprint density at radius 3 is 2.65 bits per heavy atom. The molecule has 7 nitrogen and oxygen atoms in total. The van der Waals surface area contributed by atoms with E-state index in [1.54, 1.807) is 35.2 Å². The van der Waals surface area contributed by atoms with Gasteiger partial charge in [-0.3, -0.25) is 10.1 Å². The molecule has 0 spiro atoms. The zero-order chi connectivity index (χ0) is 14.8. The van der Waals surface area contributed by atoms with Gasteiger partial charge in [0.15, 0.2) is 12.4 Å². The van der Waals surface area contributed by atoms with E-state index in [4.69, 9.17) is 0 Å². The maximum atomic E-state index is 10.9. The number of fused-ring (bicyclic) bond motifs is 1. The highest BCUT2D eigenvalue weighted by Gasteiger charge is 2.13. The molecule has 0 aliphatic heterocycles. The van der Waals surface area contributed by atoms with Crippen LogP contribution in [-0.4, -0.2) is 23.6 Å². The van der Waals surface area contributed by atoms with Gasteiger partial charge in [-0.1, -0.05) is 6.07 Å². The summed E-state index contributed by atoms with van der Waals surface area (Å²) in [5.41, 5.74) is 0.0248. The molecule has 0 saturated carbocycles. The predicted molar refractivity (Wildman–Crippen MR) is 70.0 cm³/mol. The lowest BCUT2D eigenvalue weighted by Gasteiger charge is -2.04. The molecule has 0 bridgehead atoms. The summed E-state index contributed by atoms with van der Waals surface area (Å²) < 4.78 is 33.2.